The Bertz CT molecular complexity index is 1010. The Hall–Kier alpha value is -2.99. The fourth-order valence-electron chi connectivity index (χ4n) is 3.41. The van der Waals surface area contributed by atoms with E-state index in [1.807, 2.05) is 30.6 Å². The maximum absolute atomic E-state index is 12.5. The van der Waals surface area contributed by atoms with Crippen LogP contribution in [0.25, 0.3) is 5.57 Å². The van der Waals surface area contributed by atoms with Crippen LogP contribution in [0, 0.1) is 6.92 Å². The summed E-state index contributed by atoms with van der Waals surface area (Å²) in [6.45, 7) is 5.96. The first kappa shape index (κ1) is 18.4. The molecule has 0 spiro atoms. The van der Waals surface area contributed by atoms with Gasteiger partial charge in [-0.25, -0.2) is 4.98 Å². The largest absolute Gasteiger partial charge is 0.343 e. The third-order valence-corrected chi connectivity index (χ3v) is 5.90. The molecule has 0 saturated carbocycles. The van der Waals surface area contributed by atoms with E-state index < -0.39 is 0 Å². The summed E-state index contributed by atoms with van der Waals surface area (Å²) in [5.74, 6) is -0.115. The quantitative estimate of drug-likeness (QED) is 0.696. The lowest BCUT2D eigenvalue weighted by Crippen LogP contribution is -2.30. The SMILES string of the molecule is CC1=C(c2ccc(NC(=O)c3ccncc3C)cc2)CN(c2nccs2)CC1. The van der Waals surface area contributed by atoms with Crippen LogP contribution in [0.5, 0.6) is 0 Å². The molecule has 1 N–H and O–H groups in total. The molecule has 0 saturated heterocycles. The number of pyridine rings is 1. The van der Waals surface area contributed by atoms with Crippen LogP contribution in [0.2, 0.25) is 0 Å². The van der Waals surface area contributed by atoms with Crippen LogP contribution >= 0.6 is 11.3 Å². The van der Waals surface area contributed by atoms with Crippen LogP contribution in [0.4, 0.5) is 10.8 Å². The number of nitrogens with zero attached hydrogens (tertiary/aromatic N) is 3. The maximum Gasteiger partial charge on any atom is 0.256 e. The van der Waals surface area contributed by atoms with E-state index in [0.29, 0.717) is 5.56 Å². The third kappa shape index (κ3) is 3.82. The zero-order chi connectivity index (χ0) is 19.5. The molecule has 3 aromatic rings. The highest BCUT2D eigenvalue weighted by Crippen LogP contribution is 2.31. The number of rotatable bonds is 4. The molecule has 4 rings (SSSR count). The molecule has 0 bridgehead atoms. The Balaban J connectivity index is 1.50. The number of hydrogen-bond acceptors (Lipinski definition) is 5. The van der Waals surface area contributed by atoms with Crippen molar-refractivity contribution in [3.8, 4) is 0 Å². The molecule has 1 amide bonds. The molecular formula is C22H22N4OS. The first-order valence-electron chi connectivity index (χ1n) is 9.27. The van der Waals surface area contributed by atoms with Crippen molar-refractivity contribution in [3.05, 3.63) is 76.6 Å². The molecule has 0 atom stereocenters. The van der Waals surface area contributed by atoms with Crippen molar-refractivity contribution in [1.29, 1.82) is 0 Å². The maximum atomic E-state index is 12.5. The Labute approximate surface area is 168 Å². The molecule has 1 aliphatic heterocycles. The van der Waals surface area contributed by atoms with Gasteiger partial charge in [0.1, 0.15) is 0 Å². The van der Waals surface area contributed by atoms with Crippen molar-refractivity contribution < 1.29 is 4.79 Å². The van der Waals surface area contributed by atoms with Gasteiger partial charge in [-0.2, -0.15) is 0 Å². The normalized spacial score (nSPS) is 14.3. The second-order valence-electron chi connectivity index (χ2n) is 6.97. The van der Waals surface area contributed by atoms with Crippen LogP contribution < -0.4 is 10.2 Å². The lowest BCUT2D eigenvalue weighted by Gasteiger charge is -2.30. The van der Waals surface area contributed by atoms with Crippen molar-refractivity contribution in [3.63, 3.8) is 0 Å². The summed E-state index contributed by atoms with van der Waals surface area (Å²) in [5, 5.41) is 6.06. The highest BCUT2D eigenvalue weighted by molar-refractivity contribution is 7.13. The van der Waals surface area contributed by atoms with Gasteiger partial charge in [-0.15, -0.1) is 11.3 Å². The number of aryl methyl sites for hydroxylation is 1. The molecule has 0 aliphatic carbocycles. The molecule has 142 valence electrons. The Kier molecular flexibility index (Phi) is 5.21. The van der Waals surface area contributed by atoms with Gasteiger partial charge in [0, 0.05) is 48.3 Å². The molecule has 1 aromatic carbocycles. The average molecular weight is 391 g/mol. The minimum absolute atomic E-state index is 0.115. The third-order valence-electron chi connectivity index (χ3n) is 5.07. The van der Waals surface area contributed by atoms with Gasteiger partial charge in [-0.3, -0.25) is 9.78 Å². The minimum atomic E-state index is -0.115. The van der Waals surface area contributed by atoms with Gasteiger partial charge in [0.05, 0.1) is 0 Å². The summed E-state index contributed by atoms with van der Waals surface area (Å²) in [6, 6.07) is 9.83. The Morgan fingerprint density at radius 1 is 1.14 bits per heavy atom. The van der Waals surface area contributed by atoms with E-state index in [-0.39, 0.29) is 5.91 Å². The summed E-state index contributed by atoms with van der Waals surface area (Å²) in [5.41, 5.74) is 6.24. The van der Waals surface area contributed by atoms with Crippen LogP contribution in [0.15, 0.2) is 59.9 Å². The van der Waals surface area contributed by atoms with Gasteiger partial charge >= 0.3 is 0 Å². The summed E-state index contributed by atoms with van der Waals surface area (Å²) in [6.07, 6.45) is 6.23. The van der Waals surface area contributed by atoms with E-state index in [0.717, 1.165) is 35.9 Å². The second kappa shape index (κ2) is 7.94. The Morgan fingerprint density at radius 3 is 2.68 bits per heavy atom. The number of benzene rings is 1. The second-order valence-corrected chi connectivity index (χ2v) is 7.84. The van der Waals surface area contributed by atoms with Crippen molar-refractivity contribution in [2.45, 2.75) is 20.3 Å². The van der Waals surface area contributed by atoms with E-state index in [9.17, 15) is 4.79 Å². The van der Waals surface area contributed by atoms with Gasteiger partial charge in [-0.1, -0.05) is 17.7 Å². The molecular weight excluding hydrogens is 368 g/mol. The van der Waals surface area contributed by atoms with E-state index in [4.69, 9.17) is 0 Å². The van der Waals surface area contributed by atoms with E-state index in [1.165, 1.54) is 16.7 Å². The van der Waals surface area contributed by atoms with Crippen molar-refractivity contribution >= 4 is 33.6 Å². The first-order valence-corrected chi connectivity index (χ1v) is 10.2. The Morgan fingerprint density at radius 2 is 1.96 bits per heavy atom. The number of thiazole rings is 1. The number of carbonyl (C=O) groups excluding carboxylic acids is 1. The van der Waals surface area contributed by atoms with E-state index in [2.05, 4.69) is 39.2 Å². The van der Waals surface area contributed by atoms with Gasteiger partial charge < -0.3 is 10.2 Å². The van der Waals surface area contributed by atoms with Gasteiger partial charge in [0.15, 0.2) is 5.13 Å². The number of amides is 1. The lowest BCUT2D eigenvalue weighted by atomic mass is 9.95. The van der Waals surface area contributed by atoms with Crippen LogP contribution in [0.1, 0.15) is 34.8 Å². The highest BCUT2D eigenvalue weighted by Gasteiger charge is 2.19. The van der Waals surface area contributed by atoms with Crippen LogP contribution in [-0.4, -0.2) is 29.0 Å². The molecule has 0 unspecified atom stereocenters. The first-order chi connectivity index (χ1) is 13.6. The molecule has 3 heterocycles. The van der Waals surface area contributed by atoms with Gasteiger partial charge in [0.25, 0.3) is 5.91 Å². The molecule has 5 nitrogen and oxygen atoms in total. The van der Waals surface area contributed by atoms with Crippen molar-refractivity contribution in [2.75, 3.05) is 23.3 Å². The molecule has 28 heavy (non-hydrogen) atoms. The molecule has 0 fully saturated rings. The molecule has 6 heteroatoms. The van der Waals surface area contributed by atoms with Gasteiger partial charge in [-0.05, 0) is 55.2 Å². The molecule has 2 aromatic heterocycles. The zero-order valence-electron chi connectivity index (χ0n) is 16.0. The number of nitrogens with one attached hydrogen (secondary N) is 1. The van der Waals surface area contributed by atoms with Gasteiger partial charge in [0.2, 0.25) is 0 Å². The smallest absolute Gasteiger partial charge is 0.256 e. The summed E-state index contributed by atoms with van der Waals surface area (Å²) in [4.78, 5) is 23.3. The number of carbonyl (C=O) groups is 1. The number of anilines is 2. The predicted octanol–water partition coefficient (Wildman–Crippen LogP) is 4.78. The minimum Gasteiger partial charge on any atom is -0.343 e. The number of aromatic nitrogens is 2. The monoisotopic (exact) mass is 390 g/mol. The van der Waals surface area contributed by atoms with Crippen molar-refractivity contribution in [2.24, 2.45) is 0 Å². The standard InChI is InChI=1S/C22H22N4OS/c1-15-8-11-26(22-24-10-12-28-22)14-20(15)17-3-5-18(6-4-17)25-21(27)19-7-9-23-13-16(19)2/h3-7,9-10,12-13H,8,11,14H2,1-2H3,(H,25,27). The molecule has 0 radical (unpaired) electrons. The molecule has 1 aliphatic rings. The van der Waals surface area contributed by atoms with E-state index >= 15 is 0 Å². The fourth-order valence-corrected chi connectivity index (χ4v) is 4.08. The number of hydrogen-bond donors (Lipinski definition) is 1. The highest BCUT2D eigenvalue weighted by atomic mass is 32.1. The summed E-state index contributed by atoms with van der Waals surface area (Å²) >= 11 is 1.68. The van der Waals surface area contributed by atoms with Crippen LogP contribution in [-0.2, 0) is 0 Å². The summed E-state index contributed by atoms with van der Waals surface area (Å²) < 4.78 is 0. The summed E-state index contributed by atoms with van der Waals surface area (Å²) in [7, 11) is 0. The fraction of sp³-hybridized carbons (Fsp3) is 0.227. The zero-order valence-corrected chi connectivity index (χ0v) is 16.8. The lowest BCUT2D eigenvalue weighted by molar-refractivity contribution is 0.102. The average Bonchev–Trinajstić information content (AvgIpc) is 3.24. The van der Waals surface area contributed by atoms with E-state index in [1.54, 1.807) is 29.8 Å². The topological polar surface area (TPSA) is 58.1 Å². The van der Waals surface area contributed by atoms with Crippen LogP contribution in [0.3, 0.4) is 0 Å². The van der Waals surface area contributed by atoms with Crippen molar-refractivity contribution in [1.82, 2.24) is 9.97 Å². The predicted molar refractivity (Wildman–Crippen MR) is 115 cm³/mol.